The Labute approximate surface area is 172 Å². The Bertz CT molecular complexity index is 1380. The number of halogens is 4. The molecule has 160 valence electrons. The Hall–Kier alpha value is -3.69. The first kappa shape index (κ1) is 20.6. The second-order valence-electron chi connectivity index (χ2n) is 6.99. The van der Waals surface area contributed by atoms with E-state index in [2.05, 4.69) is 4.98 Å². The maximum absolute atomic E-state index is 14.1. The van der Waals surface area contributed by atoms with Crippen LogP contribution in [0.25, 0.3) is 16.6 Å². The fraction of sp³-hybridized carbons (Fsp3) is 0.190. The van der Waals surface area contributed by atoms with E-state index in [-0.39, 0.29) is 12.5 Å². The maximum Gasteiger partial charge on any atom is 0.273 e. The number of carbonyl (C=O) groups is 1. The van der Waals surface area contributed by atoms with Crippen molar-refractivity contribution in [2.24, 2.45) is 0 Å². The Morgan fingerprint density at radius 1 is 1.10 bits per heavy atom. The SMILES string of the molecule is CC[C@@H](C(=O)Nc1c(F)c(F)cc(F)c1F)n1c2ccccc2c2nc(=O)cc(C)n21. The summed E-state index contributed by atoms with van der Waals surface area (Å²) < 4.78 is 58.3. The van der Waals surface area contributed by atoms with E-state index in [1.807, 2.05) is 5.32 Å². The van der Waals surface area contributed by atoms with E-state index in [1.54, 1.807) is 42.6 Å². The van der Waals surface area contributed by atoms with Crippen molar-refractivity contribution in [2.75, 3.05) is 5.32 Å². The average molecular weight is 432 g/mol. The highest BCUT2D eigenvalue weighted by Crippen LogP contribution is 2.29. The zero-order valence-corrected chi connectivity index (χ0v) is 16.4. The number of carbonyl (C=O) groups excluding carboxylic acids is 1. The number of para-hydroxylation sites is 1. The summed E-state index contributed by atoms with van der Waals surface area (Å²) in [5.41, 5.74) is -0.342. The van der Waals surface area contributed by atoms with Crippen LogP contribution < -0.4 is 10.9 Å². The van der Waals surface area contributed by atoms with Crippen molar-refractivity contribution in [1.29, 1.82) is 0 Å². The van der Waals surface area contributed by atoms with E-state index in [9.17, 15) is 27.2 Å². The number of rotatable bonds is 4. The van der Waals surface area contributed by atoms with Crippen molar-refractivity contribution in [1.82, 2.24) is 14.2 Å². The van der Waals surface area contributed by atoms with Crippen molar-refractivity contribution in [3.05, 3.63) is 75.7 Å². The smallest absolute Gasteiger partial charge is 0.273 e. The van der Waals surface area contributed by atoms with Gasteiger partial charge in [-0.2, -0.15) is 4.98 Å². The lowest BCUT2D eigenvalue weighted by atomic mass is 10.1. The number of aromatic nitrogens is 3. The number of nitrogens with one attached hydrogen (secondary N) is 1. The molecule has 0 radical (unpaired) electrons. The Morgan fingerprint density at radius 3 is 2.39 bits per heavy atom. The average Bonchev–Trinajstić information content (AvgIpc) is 3.05. The van der Waals surface area contributed by atoms with Crippen LogP contribution >= 0.6 is 0 Å². The molecule has 4 aromatic rings. The number of fused-ring (bicyclic) bond motifs is 3. The molecule has 1 amide bonds. The van der Waals surface area contributed by atoms with Crippen LogP contribution in [0.3, 0.4) is 0 Å². The predicted octanol–water partition coefficient (Wildman–Crippen LogP) is 4.10. The van der Waals surface area contributed by atoms with Gasteiger partial charge in [0.15, 0.2) is 28.9 Å². The zero-order valence-electron chi connectivity index (χ0n) is 16.4. The molecule has 2 aromatic carbocycles. The fourth-order valence-electron chi connectivity index (χ4n) is 3.67. The summed E-state index contributed by atoms with van der Waals surface area (Å²) in [4.78, 5) is 29.0. The number of anilines is 1. The molecule has 0 aliphatic heterocycles. The van der Waals surface area contributed by atoms with Crippen LogP contribution in [0.1, 0.15) is 25.1 Å². The van der Waals surface area contributed by atoms with Crippen LogP contribution in [0.2, 0.25) is 0 Å². The van der Waals surface area contributed by atoms with Gasteiger partial charge in [-0.05, 0) is 25.5 Å². The summed E-state index contributed by atoms with van der Waals surface area (Å²) in [5, 5.41) is 2.56. The fourth-order valence-corrected chi connectivity index (χ4v) is 3.67. The summed E-state index contributed by atoms with van der Waals surface area (Å²) in [5.74, 6) is -7.56. The number of hydrogen-bond donors (Lipinski definition) is 1. The van der Waals surface area contributed by atoms with Crippen LogP contribution in [-0.2, 0) is 4.79 Å². The first-order chi connectivity index (χ1) is 14.7. The molecular formula is C21H16F4N4O2. The van der Waals surface area contributed by atoms with E-state index in [0.717, 1.165) is 0 Å². The van der Waals surface area contributed by atoms with Gasteiger partial charge in [0.25, 0.3) is 5.56 Å². The van der Waals surface area contributed by atoms with Gasteiger partial charge in [0.05, 0.1) is 5.52 Å². The van der Waals surface area contributed by atoms with Gasteiger partial charge in [-0.3, -0.25) is 14.3 Å². The molecule has 2 heterocycles. The van der Waals surface area contributed by atoms with Gasteiger partial charge < -0.3 is 5.32 Å². The summed E-state index contributed by atoms with van der Waals surface area (Å²) in [7, 11) is 0. The quantitative estimate of drug-likeness (QED) is 0.390. The van der Waals surface area contributed by atoms with Crippen LogP contribution in [0.15, 0.2) is 41.2 Å². The molecule has 0 saturated carbocycles. The molecule has 1 N–H and O–H groups in total. The highest BCUT2D eigenvalue weighted by molar-refractivity contribution is 5.97. The minimum atomic E-state index is -1.70. The van der Waals surface area contributed by atoms with Crippen molar-refractivity contribution in [3.63, 3.8) is 0 Å². The topological polar surface area (TPSA) is 68.4 Å². The van der Waals surface area contributed by atoms with Gasteiger partial charge in [0.1, 0.15) is 11.7 Å². The molecule has 10 heteroatoms. The van der Waals surface area contributed by atoms with E-state index >= 15 is 0 Å². The van der Waals surface area contributed by atoms with E-state index in [0.29, 0.717) is 22.2 Å². The summed E-state index contributed by atoms with van der Waals surface area (Å²) in [6.45, 7) is 3.31. The molecule has 1 atom stereocenters. The number of nitrogens with zero attached hydrogens (tertiary/aromatic N) is 3. The van der Waals surface area contributed by atoms with Crippen molar-refractivity contribution >= 4 is 28.1 Å². The van der Waals surface area contributed by atoms with E-state index < -0.39 is 46.5 Å². The molecule has 4 rings (SSSR count). The molecule has 6 nitrogen and oxygen atoms in total. The van der Waals surface area contributed by atoms with Crippen molar-refractivity contribution in [2.45, 2.75) is 26.3 Å². The first-order valence-corrected chi connectivity index (χ1v) is 9.38. The lowest BCUT2D eigenvalue weighted by molar-refractivity contribution is -0.119. The molecule has 0 saturated heterocycles. The molecule has 0 aliphatic rings. The predicted molar refractivity (Wildman–Crippen MR) is 106 cm³/mol. The Morgan fingerprint density at radius 2 is 1.74 bits per heavy atom. The van der Waals surface area contributed by atoms with Crippen LogP contribution in [-0.4, -0.2) is 20.1 Å². The molecule has 31 heavy (non-hydrogen) atoms. The maximum atomic E-state index is 14.1. The van der Waals surface area contributed by atoms with E-state index in [4.69, 9.17) is 0 Å². The van der Waals surface area contributed by atoms with Crippen molar-refractivity contribution in [3.8, 4) is 0 Å². The Kier molecular flexibility index (Phi) is 5.00. The molecule has 0 unspecified atom stereocenters. The van der Waals surface area contributed by atoms with Crippen LogP contribution in [0.5, 0.6) is 0 Å². The summed E-state index contributed by atoms with van der Waals surface area (Å²) in [6, 6.07) is 7.19. The van der Waals surface area contributed by atoms with Gasteiger partial charge >= 0.3 is 0 Å². The van der Waals surface area contributed by atoms with Crippen LogP contribution in [0, 0.1) is 30.2 Å². The molecular weight excluding hydrogens is 416 g/mol. The third kappa shape index (κ3) is 3.24. The summed E-state index contributed by atoms with van der Waals surface area (Å²) in [6.07, 6.45) is 0.159. The lowest BCUT2D eigenvalue weighted by Crippen LogP contribution is -2.30. The van der Waals surface area contributed by atoms with Gasteiger partial charge in [0, 0.05) is 23.2 Å². The minimum absolute atomic E-state index is 0.0655. The molecule has 0 bridgehead atoms. The number of hydrogen-bond acceptors (Lipinski definition) is 3. The number of aryl methyl sites for hydroxylation is 1. The molecule has 0 aliphatic carbocycles. The third-order valence-electron chi connectivity index (χ3n) is 5.03. The molecule has 0 spiro atoms. The molecule has 0 fully saturated rings. The monoisotopic (exact) mass is 432 g/mol. The van der Waals surface area contributed by atoms with Gasteiger partial charge in [0.2, 0.25) is 5.91 Å². The molecule has 2 aromatic heterocycles. The van der Waals surface area contributed by atoms with Gasteiger partial charge in [-0.25, -0.2) is 22.1 Å². The number of benzene rings is 2. The standard InChI is InChI=1S/C21H16F4N4O2/c1-3-14(21(31)27-19-17(24)12(22)9-13(23)18(19)25)29-15-7-5-4-6-11(15)20-26-16(30)8-10(2)28(20)29/h4-9,14H,3H2,1-2H3,(H,27,31)/t14-/m0/s1. The van der Waals surface area contributed by atoms with Crippen LogP contribution in [0.4, 0.5) is 23.2 Å². The largest absolute Gasteiger partial charge is 0.319 e. The normalized spacial score (nSPS) is 12.5. The highest BCUT2D eigenvalue weighted by Gasteiger charge is 2.28. The van der Waals surface area contributed by atoms with E-state index in [1.165, 1.54) is 10.7 Å². The van der Waals surface area contributed by atoms with Gasteiger partial charge in [-0.1, -0.05) is 19.1 Å². The second kappa shape index (κ2) is 7.53. The first-order valence-electron chi connectivity index (χ1n) is 9.38. The Balaban J connectivity index is 1.91. The second-order valence-corrected chi connectivity index (χ2v) is 6.99. The number of amides is 1. The zero-order chi connectivity index (χ0) is 22.4. The van der Waals surface area contributed by atoms with Gasteiger partial charge in [-0.15, -0.1) is 0 Å². The minimum Gasteiger partial charge on any atom is -0.319 e. The summed E-state index contributed by atoms with van der Waals surface area (Å²) >= 11 is 0. The van der Waals surface area contributed by atoms with Crippen molar-refractivity contribution < 1.29 is 22.4 Å². The lowest BCUT2D eigenvalue weighted by Gasteiger charge is -2.21. The third-order valence-corrected chi connectivity index (χ3v) is 5.03. The highest BCUT2D eigenvalue weighted by atomic mass is 19.2.